The molecule has 0 bridgehead atoms. The molecule has 1 aliphatic heterocycles. The minimum Gasteiger partial charge on any atom is -0.324 e. The van der Waals surface area contributed by atoms with Crippen LogP contribution in [0.3, 0.4) is 0 Å². The summed E-state index contributed by atoms with van der Waals surface area (Å²) >= 11 is 0. The van der Waals surface area contributed by atoms with E-state index < -0.39 is 23.5 Å². The van der Waals surface area contributed by atoms with Crippen LogP contribution in [-0.4, -0.2) is 40.1 Å². The number of hydrogen-bond donors (Lipinski definition) is 2. The Hall–Kier alpha value is -2.70. The van der Waals surface area contributed by atoms with Crippen LogP contribution in [0.5, 0.6) is 0 Å². The molecule has 1 atom stereocenters. The average molecular weight is 371 g/mol. The van der Waals surface area contributed by atoms with Crippen molar-refractivity contribution in [3.8, 4) is 0 Å². The summed E-state index contributed by atoms with van der Waals surface area (Å²) < 4.78 is 0. The van der Waals surface area contributed by atoms with E-state index in [0.29, 0.717) is 24.1 Å². The fraction of sp³-hybridized carbons (Fsp3) is 0.500. The van der Waals surface area contributed by atoms with E-state index in [2.05, 4.69) is 10.6 Å². The number of nitrogens with zero attached hydrogens (tertiary/aromatic N) is 1. The highest BCUT2D eigenvalue weighted by Crippen LogP contribution is 2.33. The van der Waals surface area contributed by atoms with Crippen molar-refractivity contribution >= 4 is 29.3 Å². The Balaban J connectivity index is 1.74. The van der Waals surface area contributed by atoms with Gasteiger partial charge in [0, 0.05) is 11.3 Å². The molecule has 1 saturated carbocycles. The lowest BCUT2D eigenvalue weighted by atomic mass is 9.90. The van der Waals surface area contributed by atoms with Gasteiger partial charge >= 0.3 is 6.03 Å². The molecule has 3 rings (SSSR count). The first-order valence-corrected chi connectivity index (χ1v) is 9.42. The molecule has 144 valence electrons. The van der Waals surface area contributed by atoms with E-state index in [1.54, 1.807) is 24.3 Å². The number of Topliss-reactive ketones (excluding diaryl/α,β-unsaturated/α-hetero) is 1. The van der Waals surface area contributed by atoms with Gasteiger partial charge in [-0.1, -0.05) is 37.8 Å². The lowest BCUT2D eigenvalue weighted by molar-refractivity contribution is -0.136. The highest BCUT2D eigenvalue weighted by molar-refractivity contribution is 6.11. The van der Waals surface area contributed by atoms with Gasteiger partial charge < -0.3 is 10.6 Å². The molecule has 1 heterocycles. The number of rotatable bonds is 4. The second-order valence-electron chi connectivity index (χ2n) is 7.40. The van der Waals surface area contributed by atoms with Crippen LogP contribution in [-0.2, 0) is 9.59 Å². The molecule has 1 saturated heterocycles. The zero-order chi connectivity index (χ0) is 19.6. The van der Waals surface area contributed by atoms with Crippen molar-refractivity contribution < 1.29 is 19.2 Å². The van der Waals surface area contributed by atoms with Crippen molar-refractivity contribution in [2.24, 2.45) is 0 Å². The van der Waals surface area contributed by atoms with Crippen molar-refractivity contribution in [3.63, 3.8) is 0 Å². The van der Waals surface area contributed by atoms with Gasteiger partial charge in [-0.05, 0) is 38.8 Å². The predicted molar refractivity (Wildman–Crippen MR) is 100 cm³/mol. The summed E-state index contributed by atoms with van der Waals surface area (Å²) in [6.45, 7) is 2.99. The van der Waals surface area contributed by atoms with E-state index in [9.17, 15) is 19.2 Å². The lowest BCUT2D eigenvalue weighted by Crippen LogP contribution is -2.49. The zero-order valence-electron chi connectivity index (χ0n) is 15.7. The first-order valence-electron chi connectivity index (χ1n) is 9.42. The summed E-state index contributed by atoms with van der Waals surface area (Å²) in [5.74, 6) is -0.886. The maximum Gasteiger partial charge on any atom is 0.325 e. The van der Waals surface area contributed by atoms with Gasteiger partial charge in [-0.3, -0.25) is 14.4 Å². The molecule has 2 N–H and O–H groups in total. The summed E-state index contributed by atoms with van der Waals surface area (Å²) in [6, 6.07) is 5.12. The van der Waals surface area contributed by atoms with E-state index in [0.717, 1.165) is 30.6 Å². The van der Waals surface area contributed by atoms with Gasteiger partial charge in [0.05, 0.1) is 0 Å². The number of ketones is 1. The number of amides is 4. The van der Waals surface area contributed by atoms with Gasteiger partial charge in [0.1, 0.15) is 11.6 Å². The van der Waals surface area contributed by atoms with E-state index in [4.69, 9.17) is 0 Å². The highest BCUT2D eigenvalue weighted by Gasteiger charge is 2.53. The van der Waals surface area contributed by atoms with Crippen LogP contribution in [0.2, 0.25) is 0 Å². The van der Waals surface area contributed by atoms with Crippen LogP contribution in [0.15, 0.2) is 24.3 Å². The molecule has 2 fully saturated rings. The quantitative estimate of drug-likeness (QED) is 0.628. The smallest absolute Gasteiger partial charge is 0.324 e. The number of anilines is 1. The SMILES string of the molecule is CC(=O)c1cccc(NC(=O)[C@H](C)N2C(=O)NC3(CCCCCC3)C2=O)c1. The first kappa shape index (κ1) is 19.1. The number of benzene rings is 1. The number of carbonyl (C=O) groups excluding carboxylic acids is 4. The molecule has 7 heteroatoms. The first-order chi connectivity index (χ1) is 12.8. The molecule has 1 aromatic carbocycles. The molecule has 2 aliphatic rings. The molecule has 4 amide bonds. The Morgan fingerprint density at radius 3 is 2.44 bits per heavy atom. The van der Waals surface area contributed by atoms with Gasteiger partial charge in [0.2, 0.25) is 5.91 Å². The number of imide groups is 1. The summed E-state index contributed by atoms with van der Waals surface area (Å²) in [7, 11) is 0. The van der Waals surface area contributed by atoms with Crippen LogP contribution in [0, 0.1) is 0 Å². The fourth-order valence-corrected chi connectivity index (χ4v) is 3.84. The number of carbonyl (C=O) groups is 4. The van der Waals surface area contributed by atoms with Crippen molar-refractivity contribution in [1.82, 2.24) is 10.2 Å². The second-order valence-corrected chi connectivity index (χ2v) is 7.40. The number of urea groups is 1. The Labute approximate surface area is 158 Å². The summed E-state index contributed by atoms with van der Waals surface area (Å²) in [5, 5.41) is 5.54. The lowest BCUT2D eigenvalue weighted by Gasteiger charge is -2.26. The number of hydrogen-bond acceptors (Lipinski definition) is 4. The maximum absolute atomic E-state index is 13.0. The fourth-order valence-electron chi connectivity index (χ4n) is 3.84. The van der Waals surface area contributed by atoms with Crippen LogP contribution in [0.1, 0.15) is 62.7 Å². The van der Waals surface area contributed by atoms with Crippen molar-refractivity contribution in [2.45, 2.75) is 64.0 Å². The van der Waals surface area contributed by atoms with Crippen LogP contribution in [0.4, 0.5) is 10.5 Å². The molecule has 27 heavy (non-hydrogen) atoms. The third-order valence-electron chi connectivity index (χ3n) is 5.45. The molecular formula is C20H25N3O4. The topological polar surface area (TPSA) is 95.6 Å². The van der Waals surface area contributed by atoms with Gasteiger partial charge in [-0.2, -0.15) is 0 Å². The third-order valence-corrected chi connectivity index (χ3v) is 5.45. The molecule has 0 radical (unpaired) electrons. The Kier molecular flexibility index (Phi) is 5.30. The standard InChI is InChI=1S/C20H25N3O4/c1-13(17(25)21-16-9-7-8-15(12-16)14(2)24)23-18(26)20(22-19(23)27)10-5-3-4-6-11-20/h7-9,12-13H,3-6,10-11H2,1-2H3,(H,21,25)(H,22,27)/t13-/m0/s1. The van der Waals surface area contributed by atoms with E-state index in [-0.39, 0.29) is 11.7 Å². The Morgan fingerprint density at radius 1 is 1.15 bits per heavy atom. The monoisotopic (exact) mass is 371 g/mol. The summed E-state index contributed by atoms with van der Waals surface area (Å²) in [6.07, 6.45) is 5.10. The minimum atomic E-state index is -0.943. The van der Waals surface area contributed by atoms with E-state index >= 15 is 0 Å². The Bertz CT molecular complexity index is 781. The molecule has 1 aromatic rings. The van der Waals surface area contributed by atoms with Crippen molar-refractivity contribution in [3.05, 3.63) is 29.8 Å². The predicted octanol–water partition coefficient (Wildman–Crippen LogP) is 2.86. The van der Waals surface area contributed by atoms with Crippen molar-refractivity contribution in [2.75, 3.05) is 5.32 Å². The molecule has 0 aromatic heterocycles. The average Bonchev–Trinajstić information content (AvgIpc) is 2.79. The van der Waals surface area contributed by atoms with Gasteiger partial charge in [0.15, 0.2) is 5.78 Å². The van der Waals surface area contributed by atoms with Gasteiger partial charge in [-0.25, -0.2) is 9.69 Å². The summed E-state index contributed by atoms with van der Waals surface area (Å²) in [5.41, 5.74) is 0.0695. The van der Waals surface area contributed by atoms with Crippen LogP contribution in [0.25, 0.3) is 0 Å². The minimum absolute atomic E-state index is 0.108. The van der Waals surface area contributed by atoms with Gasteiger partial charge in [-0.15, -0.1) is 0 Å². The van der Waals surface area contributed by atoms with Crippen LogP contribution < -0.4 is 10.6 Å². The molecule has 1 aliphatic carbocycles. The summed E-state index contributed by atoms with van der Waals surface area (Å²) in [4.78, 5) is 50.7. The molecular weight excluding hydrogens is 346 g/mol. The number of nitrogens with one attached hydrogen (secondary N) is 2. The third kappa shape index (κ3) is 3.72. The zero-order valence-corrected chi connectivity index (χ0v) is 15.7. The normalized spacial score (nSPS) is 20.1. The second kappa shape index (κ2) is 7.50. The molecule has 7 nitrogen and oxygen atoms in total. The maximum atomic E-state index is 13.0. The largest absolute Gasteiger partial charge is 0.325 e. The van der Waals surface area contributed by atoms with E-state index in [1.807, 2.05) is 0 Å². The van der Waals surface area contributed by atoms with E-state index in [1.165, 1.54) is 13.8 Å². The van der Waals surface area contributed by atoms with Crippen molar-refractivity contribution in [1.29, 1.82) is 0 Å². The van der Waals surface area contributed by atoms with Gasteiger partial charge in [0.25, 0.3) is 5.91 Å². The molecule has 0 unspecified atom stereocenters. The van der Waals surface area contributed by atoms with Crippen LogP contribution >= 0.6 is 0 Å². The molecule has 1 spiro atoms. The highest BCUT2D eigenvalue weighted by atomic mass is 16.2. The Morgan fingerprint density at radius 2 is 1.81 bits per heavy atom.